The zero-order valence-corrected chi connectivity index (χ0v) is 21.6. The van der Waals surface area contributed by atoms with Gasteiger partial charge in [-0.05, 0) is 47.9 Å². The number of nitrogens with zero attached hydrogens (tertiary/aromatic N) is 2. The van der Waals surface area contributed by atoms with E-state index < -0.39 is 6.10 Å². The van der Waals surface area contributed by atoms with Crippen LogP contribution in [0.3, 0.4) is 0 Å². The average Bonchev–Trinajstić information content (AvgIpc) is 2.90. The van der Waals surface area contributed by atoms with Crippen molar-refractivity contribution < 1.29 is 19.1 Å². The molecule has 3 fully saturated rings. The van der Waals surface area contributed by atoms with Gasteiger partial charge >= 0.3 is 0 Å². The van der Waals surface area contributed by atoms with Gasteiger partial charge in [0.05, 0.1) is 37.8 Å². The van der Waals surface area contributed by atoms with Gasteiger partial charge in [0.2, 0.25) is 0 Å². The second kappa shape index (κ2) is 9.62. The predicted molar refractivity (Wildman–Crippen MR) is 140 cm³/mol. The van der Waals surface area contributed by atoms with Gasteiger partial charge in [0.15, 0.2) is 0 Å². The van der Waals surface area contributed by atoms with Crippen LogP contribution in [0.1, 0.15) is 30.1 Å². The van der Waals surface area contributed by atoms with E-state index >= 15 is 0 Å². The van der Waals surface area contributed by atoms with Crippen molar-refractivity contribution in [2.75, 3.05) is 27.3 Å². The molecule has 1 aromatic heterocycles. The van der Waals surface area contributed by atoms with Crippen LogP contribution in [0.4, 0.5) is 0 Å². The van der Waals surface area contributed by atoms with E-state index in [0.29, 0.717) is 34.2 Å². The lowest BCUT2D eigenvalue weighted by atomic mass is 9.71. The Balaban J connectivity index is 1.57. The van der Waals surface area contributed by atoms with Crippen LogP contribution in [-0.4, -0.2) is 47.9 Å². The number of hydrogen-bond acceptors (Lipinski definition) is 4. The molecule has 0 saturated carbocycles. The predicted octanol–water partition coefficient (Wildman–Crippen LogP) is 6.20. The van der Waals surface area contributed by atoms with Crippen molar-refractivity contribution in [3.63, 3.8) is 0 Å². The number of aromatic nitrogens is 1. The molecule has 0 radical (unpaired) electrons. The number of aliphatic hydroxyl groups excluding tert-OH is 1. The molecule has 3 aliphatic rings. The van der Waals surface area contributed by atoms with Crippen molar-refractivity contribution >= 4 is 34.1 Å². The van der Waals surface area contributed by atoms with E-state index in [1.54, 1.807) is 20.4 Å². The van der Waals surface area contributed by atoms with E-state index in [1.165, 1.54) is 0 Å². The fraction of sp³-hybridized carbons (Fsp3) is 0.393. The first-order valence-electron chi connectivity index (χ1n) is 12.0. The Bertz CT molecular complexity index is 1270. The fourth-order valence-electron chi connectivity index (χ4n) is 6.31. The molecule has 5 unspecified atom stereocenters. The van der Waals surface area contributed by atoms with Crippen LogP contribution in [-0.2, 0) is 6.54 Å². The molecule has 7 heteroatoms. The van der Waals surface area contributed by atoms with Crippen LogP contribution in [0.15, 0.2) is 55.3 Å². The highest BCUT2D eigenvalue weighted by Crippen LogP contribution is 2.49. The maximum Gasteiger partial charge on any atom is 0.139 e. The molecule has 0 amide bonds. The highest BCUT2D eigenvalue weighted by molar-refractivity contribution is 6.43. The molecule has 0 spiro atoms. The lowest BCUT2D eigenvalue weighted by Crippen LogP contribution is -2.67. The number of fused-ring (bicyclic) bond motifs is 4. The molecule has 6 rings (SSSR count). The molecule has 5 atom stereocenters. The van der Waals surface area contributed by atoms with E-state index in [-0.39, 0.29) is 6.04 Å². The summed E-state index contributed by atoms with van der Waals surface area (Å²) in [5, 5.41) is 13.8. The lowest BCUT2D eigenvalue weighted by Gasteiger charge is -2.58. The maximum absolute atomic E-state index is 11.9. The van der Waals surface area contributed by atoms with Crippen LogP contribution >= 0.6 is 23.2 Å². The molecule has 35 heavy (non-hydrogen) atoms. The molecule has 4 heterocycles. The Morgan fingerprint density at radius 3 is 2.74 bits per heavy atom. The fourth-order valence-corrected chi connectivity index (χ4v) is 6.79. The van der Waals surface area contributed by atoms with Gasteiger partial charge in [0, 0.05) is 35.9 Å². The summed E-state index contributed by atoms with van der Waals surface area (Å²) in [6.45, 7) is 6.71. The summed E-state index contributed by atoms with van der Waals surface area (Å²) in [5.74, 6) is 2.24. The number of rotatable bonds is 7. The van der Waals surface area contributed by atoms with Gasteiger partial charge in [-0.3, -0.25) is 4.98 Å². The summed E-state index contributed by atoms with van der Waals surface area (Å²) in [5.41, 5.74) is 2.70. The largest absolute Gasteiger partial charge is 0.497 e. The zero-order valence-electron chi connectivity index (χ0n) is 20.1. The van der Waals surface area contributed by atoms with Crippen LogP contribution < -0.4 is 9.47 Å². The van der Waals surface area contributed by atoms with Gasteiger partial charge in [-0.15, -0.1) is 6.58 Å². The van der Waals surface area contributed by atoms with Crippen molar-refractivity contribution in [1.82, 2.24) is 4.98 Å². The van der Waals surface area contributed by atoms with Crippen LogP contribution in [0, 0.1) is 11.8 Å². The number of ether oxygens (including phenoxy) is 2. The molecule has 0 aliphatic carbocycles. The molecular weight excluding hydrogens is 483 g/mol. The van der Waals surface area contributed by atoms with Gasteiger partial charge in [-0.1, -0.05) is 29.3 Å². The molecule has 184 valence electrons. The van der Waals surface area contributed by atoms with Crippen LogP contribution in [0.25, 0.3) is 10.9 Å². The van der Waals surface area contributed by atoms with Crippen molar-refractivity contribution in [1.29, 1.82) is 0 Å². The molecule has 3 saturated heterocycles. The summed E-state index contributed by atoms with van der Waals surface area (Å²) in [7, 11) is 3.24. The van der Waals surface area contributed by atoms with E-state index in [2.05, 4.69) is 17.6 Å². The van der Waals surface area contributed by atoms with E-state index in [9.17, 15) is 5.11 Å². The smallest absolute Gasteiger partial charge is 0.139 e. The van der Waals surface area contributed by atoms with Crippen molar-refractivity contribution in [3.8, 4) is 11.5 Å². The van der Waals surface area contributed by atoms with E-state index in [4.69, 9.17) is 32.7 Å². The van der Waals surface area contributed by atoms with Crippen molar-refractivity contribution in [3.05, 3.63) is 76.4 Å². The third-order valence-corrected chi connectivity index (χ3v) is 9.08. The standard InChI is InChI=1S/C28H31Cl2N2O3/c1-4-17-15-32(16-19-5-8-25(35-3)27(30)26(19)29)12-10-18(17)13-24(32)28(33)21-9-11-31-23-7-6-20(34-2)14-22(21)23/h4-9,11,14,17-18,24,28,33H,1,10,12-13,15-16H2,2-3H3/q+1. The monoisotopic (exact) mass is 513 g/mol. The maximum atomic E-state index is 11.9. The van der Waals surface area contributed by atoms with Gasteiger partial charge in [-0.2, -0.15) is 0 Å². The zero-order chi connectivity index (χ0) is 24.7. The van der Waals surface area contributed by atoms with Gasteiger partial charge in [0.1, 0.15) is 35.2 Å². The summed E-state index contributed by atoms with van der Waals surface area (Å²) in [6.07, 6.45) is 5.24. The number of piperidine rings is 3. The Morgan fingerprint density at radius 2 is 2.00 bits per heavy atom. The van der Waals surface area contributed by atoms with Gasteiger partial charge in [0.25, 0.3) is 0 Å². The average molecular weight is 514 g/mol. The third-order valence-electron chi connectivity index (χ3n) is 8.17. The quantitative estimate of drug-likeness (QED) is 0.301. The first-order chi connectivity index (χ1) is 16.9. The Kier molecular flexibility index (Phi) is 6.71. The second-order valence-electron chi connectivity index (χ2n) is 9.82. The molecule has 2 bridgehead atoms. The lowest BCUT2D eigenvalue weighted by molar-refractivity contribution is -0.984. The summed E-state index contributed by atoms with van der Waals surface area (Å²) < 4.78 is 11.6. The van der Waals surface area contributed by atoms with E-state index in [1.807, 2.05) is 36.4 Å². The molecule has 5 nitrogen and oxygen atoms in total. The summed E-state index contributed by atoms with van der Waals surface area (Å²) >= 11 is 13.2. The van der Waals surface area contributed by atoms with E-state index in [0.717, 1.165) is 58.2 Å². The molecular formula is C28H31Cl2N2O3+. The van der Waals surface area contributed by atoms with Crippen molar-refractivity contribution in [2.45, 2.75) is 31.5 Å². The third kappa shape index (κ3) is 4.19. The number of hydrogen-bond donors (Lipinski definition) is 1. The molecule has 1 N–H and O–H groups in total. The minimum atomic E-state index is -0.659. The highest BCUT2D eigenvalue weighted by atomic mass is 35.5. The summed E-state index contributed by atoms with van der Waals surface area (Å²) in [6, 6.07) is 11.6. The number of aliphatic hydroxyl groups is 1. The Labute approximate surface area is 216 Å². The topological polar surface area (TPSA) is 51.6 Å². The van der Waals surface area contributed by atoms with Crippen LogP contribution in [0.5, 0.6) is 11.5 Å². The normalized spacial score (nSPS) is 26.5. The van der Waals surface area contributed by atoms with Gasteiger partial charge in [-0.25, -0.2) is 0 Å². The number of quaternary nitrogens is 1. The number of benzene rings is 2. The number of pyridine rings is 1. The Morgan fingerprint density at radius 1 is 1.17 bits per heavy atom. The number of halogens is 2. The van der Waals surface area contributed by atoms with Crippen molar-refractivity contribution in [2.24, 2.45) is 11.8 Å². The molecule has 3 aliphatic heterocycles. The highest BCUT2D eigenvalue weighted by Gasteiger charge is 2.54. The molecule has 2 aromatic carbocycles. The minimum Gasteiger partial charge on any atom is -0.497 e. The minimum absolute atomic E-state index is 0.0127. The number of methoxy groups -OCH3 is 2. The van der Waals surface area contributed by atoms with Crippen LogP contribution in [0.2, 0.25) is 10.0 Å². The van der Waals surface area contributed by atoms with Gasteiger partial charge < -0.3 is 19.1 Å². The second-order valence-corrected chi connectivity index (χ2v) is 10.6. The first-order valence-corrected chi connectivity index (χ1v) is 12.8. The first kappa shape index (κ1) is 24.4. The summed E-state index contributed by atoms with van der Waals surface area (Å²) in [4.78, 5) is 4.51. The Hall–Kier alpha value is -2.31. The SMILES string of the molecule is C=CC1C[N+]2(Cc3ccc(OC)c(Cl)c3Cl)CCC1CC2C(O)c1ccnc2ccc(OC)cc12. The molecule has 3 aromatic rings.